The number of phenolic OH excluding ortho intramolecular Hbond substituents is 1. The van der Waals surface area contributed by atoms with Gasteiger partial charge in [0.2, 0.25) is 0 Å². The lowest BCUT2D eigenvalue weighted by Gasteiger charge is -2.09. The topological polar surface area (TPSA) is 72.6 Å². The number of rotatable bonds is 3. The Balaban J connectivity index is 3.28. The molecule has 1 aromatic rings. The molecule has 4 nitrogen and oxygen atoms in total. The molecule has 0 aromatic heterocycles. The number of carbonyl (C=O) groups is 1. The maximum atomic E-state index is 11.4. The molecule has 0 radical (unpaired) electrons. The molecule has 0 saturated carbocycles. The van der Waals surface area contributed by atoms with Crippen molar-refractivity contribution in [1.29, 1.82) is 0 Å². The Kier molecular flexibility index (Phi) is 2.96. The number of nitrogen functional groups attached to an aromatic ring is 1. The molecule has 0 saturated heterocycles. The van der Waals surface area contributed by atoms with E-state index in [1.807, 2.05) is 0 Å². The third-order valence-corrected chi connectivity index (χ3v) is 1.99. The van der Waals surface area contributed by atoms with Crippen molar-refractivity contribution in [1.82, 2.24) is 0 Å². The van der Waals surface area contributed by atoms with Crippen molar-refractivity contribution >= 4 is 11.5 Å². The Morgan fingerprint density at radius 3 is 2.71 bits per heavy atom. The largest absolute Gasteiger partial charge is 0.504 e. The van der Waals surface area contributed by atoms with Gasteiger partial charge in [-0.3, -0.25) is 4.79 Å². The van der Waals surface area contributed by atoms with E-state index in [9.17, 15) is 9.90 Å². The van der Waals surface area contributed by atoms with Crippen LogP contribution in [0.4, 0.5) is 5.69 Å². The van der Waals surface area contributed by atoms with Crippen LogP contribution in [0, 0.1) is 0 Å². The fourth-order valence-electron chi connectivity index (χ4n) is 1.22. The van der Waals surface area contributed by atoms with Crippen molar-refractivity contribution in [3.63, 3.8) is 0 Å². The number of phenols is 1. The lowest BCUT2D eigenvalue weighted by molar-refractivity contribution is 0.0985. The highest BCUT2D eigenvalue weighted by Gasteiger charge is 2.15. The summed E-state index contributed by atoms with van der Waals surface area (Å²) in [5.74, 6) is -0.163. The first-order chi connectivity index (χ1) is 6.61. The number of ether oxygens (including phenoxy) is 1. The number of anilines is 1. The molecule has 4 heteroatoms. The van der Waals surface area contributed by atoms with Gasteiger partial charge in [0, 0.05) is 6.42 Å². The van der Waals surface area contributed by atoms with Crippen LogP contribution in [-0.2, 0) is 0 Å². The third kappa shape index (κ3) is 1.64. The van der Waals surface area contributed by atoms with Gasteiger partial charge in [-0.2, -0.15) is 0 Å². The third-order valence-electron chi connectivity index (χ3n) is 1.99. The minimum atomic E-state index is -0.181. The Labute approximate surface area is 82.3 Å². The quantitative estimate of drug-likeness (QED) is 0.567. The van der Waals surface area contributed by atoms with Gasteiger partial charge in [0.1, 0.15) is 0 Å². The molecule has 0 aliphatic carbocycles. The first-order valence-electron chi connectivity index (χ1n) is 4.30. The first-order valence-corrected chi connectivity index (χ1v) is 4.30. The maximum absolute atomic E-state index is 11.4. The zero-order valence-electron chi connectivity index (χ0n) is 8.20. The Bertz CT molecular complexity index is 361. The summed E-state index contributed by atoms with van der Waals surface area (Å²) >= 11 is 0. The molecule has 1 aromatic carbocycles. The van der Waals surface area contributed by atoms with Gasteiger partial charge >= 0.3 is 0 Å². The highest BCUT2D eigenvalue weighted by Crippen LogP contribution is 2.35. The molecule has 0 fully saturated rings. The fourth-order valence-corrected chi connectivity index (χ4v) is 1.22. The van der Waals surface area contributed by atoms with E-state index < -0.39 is 0 Å². The monoisotopic (exact) mass is 195 g/mol. The highest BCUT2D eigenvalue weighted by molar-refractivity contribution is 6.00. The van der Waals surface area contributed by atoms with Gasteiger partial charge in [-0.1, -0.05) is 6.92 Å². The van der Waals surface area contributed by atoms with Crippen LogP contribution < -0.4 is 10.5 Å². The molecule has 0 aliphatic heterocycles. The van der Waals surface area contributed by atoms with Crippen LogP contribution in [0.5, 0.6) is 11.5 Å². The number of methoxy groups -OCH3 is 1. The van der Waals surface area contributed by atoms with Gasteiger partial charge in [-0.15, -0.1) is 0 Å². The van der Waals surface area contributed by atoms with Crippen LogP contribution in [0.25, 0.3) is 0 Å². The Morgan fingerprint density at radius 2 is 2.21 bits per heavy atom. The average molecular weight is 195 g/mol. The summed E-state index contributed by atoms with van der Waals surface area (Å²) in [6.07, 6.45) is 0.334. The zero-order chi connectivity index (χ0) is 10.7. The van der Waals surface area contributed by atoms with Crippen molar-refractivity contribution in [2.75, 3.05) is 12.8 Å². The summed E-state index contributed by atoms with van der Waals surface area (Å²) < 4.78 is 4.88. The minimum Gasteiger partial charge on any atom is -0.504 e. The van der Waals surface area contributed by atoms with Crippen LogP contribution in [-0.4, -0.2) is 18.0 Å². The van der Waals surface area contributed by atoms with Crippen molar-refractivity contribution in [3.8, 4) is 11.5 Å². The van der Waals surface area contributed by atoms with E-state index in [1.54, 1.807) is 13.0 Å². The van der Waals surface area contributed by atoms with E-state index in [1.165, 1.54) is 13.2 Å². The van der Waals surface area contributed by atoms with Crippen LogP contribution in [0.15, 0.2) is 12.1 Å². The molecule has 0 bridgehead atoms. The second-order valence-electron chi connectivity index (χ2n) is 2.86. The number of nitrogens with two attached hydrogens (primary N) is 1. The van der Waals surface area contributed by atoms with Gasteiger partial charge in [0.05, 0.1) is 18.4 Å². The van der Waals surface area contributed by atoms with Gasteiger partial charge in [-0.25, -0.2) is 0 Å². The molecule has 0 atom stereocenters. The summed E-state index contributed by atoms with van der Waals surface area (Å²) in [4.78, 5) is 11.4. The first kappa shape index (κ1) is 10.4. The molecule has 0 heterocycles. The Morgan fingerprint density at radius 1 is 1.57 bits per heavy atom. The lowest BCUT2D eigenvalue weighted by Crippen LogP contribution is -2.00. The van der Waals surface area contributed by atoms with Gasteiger partial charge in [0.25, 0.3) is 0 Å². The molecular weight excluding hydrogens is 182 g/mol. The van der Waals surface area contributed by atoms with Crippen molar-refractivity contribution < 1.29 is 14.6 Å². The average Bonchev–Trinajstić information content (AvgIpc) is 2.18. The van der Waals surface area contributed by atoms with Crippen LogP contribution in [0.2, 0.25) is 0 Å². The van der Waals surface area contributed by atoms with Crippen molar-refractivity contribution in [3.05, 3.63) is 17.7 Å². The number of benzene rings is 1. The lowest BCUT2D eigenvalue weighted by atomic mass is 10.1. The van der Waals surface area contributed by atoms with Crippen molar-refractivity contribution in [2.45, 2.75) is 13.3 Å². The fraction of sp³-hybridized carbons (Fsp3) is 0.300. The Hall–Kier alpha value is -1.71. The van der Waals surface area contributed by atoms with Gasteiger partial charge in [-0.05, 0) is 12.1 Å². The zero-order valence-corrected chi connectivity index (χ0v) is 8.20. The molecular formula is C10H13NO3. The summed E-state index contributed by atoms with van der Waals surface area (Å²) in [6.45, 7) is 1.73. The summed E-state index contributed by atoms with van der Waals surface area (Å²) in [5, 5.41) is 9.65. The minimum absolute atomic E-state index is 0.138. The predicted molar refractivity (Wildman–Crippen MR) is 53.7 cm³/mol. The number of carbonyl (C=O) groups excluding carboxylic acids is 1. The molecule has 0 spiro atoms. The molecule has 76 valence electrons. The number of aromatic hydroxyl groups is 1. The van der Waals surface area contributed by atoms with Crippen molar-refractivity contribution in [2.24, 2.45) is 0 Å². The molecule has 0 unspecified atom stereocenters. The number of hydrogen-bond acceptors (Lipinski definition) is 4. The summed E-state index contributed by atoms with van der Waals surface area (Å²) in [7, 11) is 1.39. The highest BCUT2D eigenvalue weighted by atomic mass is 16.5. The molecule has 3 N–H and O–H groups in total. The number of hydrogen-bond donors (Lipinski definition) is 2. The second-order valence-corrected chi connectivity index (χ2v) is 2.86. The van der Waals surface area contributed by atoms with Gasteiger partial charge in [0.15, 0.2) is 17.3 Å². The van der Waals surface area contributed by atoms with E-state index >= 15 is 0 Å². The molecule has 1 rings (SSSR count). The maximum Gasteiger partial charge on any atom is 0.184 e. The van der Waals surface area contributed by atoms with E-state index in [0.29, 0.717) is 12.1 Å². The van der Waals surface area contributed by atoms with Crippen LogP contribution in [0.1, 0.15) is 23.7 Å². The summed E-state index contributed by atoms with van der Waals surface area (Å²) in [5.41, 5.74) is 6.11. The SMILES string of the molecule is CCC(=O)c1ccc(N)c(OC)c1O. The van der Waals surface area contributed by atoms with E-state index in [4.69, 9.17) is 10.5 Å². The second kappa shape index (κ2) is 4.00. The van der Waals surface area contributed by atoms with Crippen LogP contribution >= 0.6 is 0 Å². The molecule has 14 heavy (non-hydrogen) atoms. The van der Waals surface area contributed by atoms with E-state index in [0.717, 1.165) is 0 Å². The number of Topliss-reactive ketones (excluding diaryl/α,β-unsaturated/α-hetero) is 1. The van der Waals surface area contributed by atoms with E-state index in [-0.39, 0.29) is 22.8 Å². The van der Waals surface area contributed by atoms with Crippen LogP contribution in [0.3, 0.4) is 0 Å². The smallest absolute Gasteiger partial charge is 0.184 e. The van der Waals surface area contributed by atoms with E-state index in [2.05, 4.69) is 0 Å². The number of ketones is 1. The molecule has 0 aliphatic rings. The normalized spacial score (nSPS) is 9.86. The molecule has 0 amide bonds. The predicted octanol–water partition coefficient (Wildman–Crippen LogP) is 1.58. The standard InChI is InChI=1S/C10H13NO3/c1-3-8(12)6-4-5-7(11)10(14-2)9(6)13/h4-5,13H,3,11H2,1-2H3. The van der Waals surface area contributed by atoms with Gasteiger partial charge < -0.3 is 15.6 Å². The summed E-state index contributed by atoms with van der Waals surface area (Å²) in [6, 6.07) is 3.04.